The summed E-state index contributed by atoms with van der Waals surface area (Å²) < 4.78 is 38.6. The molecule has 1 saturated heterocycles. The summed E-state index contributed by atoms with van der Waals surface area (Å²) in [6, 6.07) is 3.62. The van der Waals surface area contributed by atoms with E-state index in [0.717, 1.165) is 17.8 Å². The van der Waals surface area contributed by atoms with Crippen molar-refractivity contribution in [3.05, 3.63) is 28.8 Å². The van der Waals surface area contributed by atoms with Crippen molar-refractivity contribution >= 4 is 35.2 Å². The molecule has 0 atom stereocenters. The number of halogens is 4. The smallest absolute Gasteiger partial charge is 0.358 e. The van der Waals surface area contributed by atoms with Crippen LogP contribution in [0, 0.1) is 0 Å². The van der Waals surface area contributed by atoms with Crippen molar-refractivity contribution in [1.82, 2.24) is 15.1 Å². The van der Waals surface area contributed by atoms with Gasteiger partial charge in [-0.3, -0.25) is 14.5 Å². The number of alkyl halides is 3. The van der Waals surface area contributed by atoms with Crippen LogP contribution in [0.2, 0.25) is 5.02 Å². The standard InChI is InChI=1S/C16H19ClF3N3O2S/c1-21-14(24)9-22-4-6-23(7-5-22)15(25)10-26-11-2-3-13(17)12(8-11)16(18,19)20/h2-3,8H,4-7,9-10H2,1H3,(H,21,24). The highest BCUT2D eigenvalue weighted by molar-refractivity contribution is 8.00. The zero-order valence-electron chi connectivity index (χ0n) is 14.1. The predicted molar refractivity (Wildman–Crippen MR) is 94.3 cm³/mol. The molecule has 1 N–H and O–H groups in total. The lowest BCUT2D eigenvalue weighted by Gasteiger charge is -2.34. The Kier molecular flexibility index (Phi) is 7.19. The molecule has 1 aromatic rings. The number of hydrogen-bond acceptors (Lipinski definition) is 4. The van der Waals surface area contributed by atoms with E-state index < -0.39 is 11.7 Å². The first-order valence-electron chi connectivity index (χ1n) is 7.91. The fraction of sp³-hybridized carbons (Fsp3) is 0.500. The van der Waals surface area contributed by atoms with Gasteiger partial charge < -0.3 is 10.2 Å². The minimum Gasteiger partial charge on any atom is -0.358 e. The van der Waals surface area contributed by atoms with E-state index in [4.69, 9.17) is 11.6 Å². The number of benzene rings is 1. The molecular weight excluding hydrogens is 391 g/mol. The van der Waals surface area contributed by atoms with Gasteiger partial charge in [-0.1, -0.05) is 11.6 Å². The molecule has 144 valence electrons. The van der Waals surface area contributed by atoms with Crippen LogP contribution in [0.5, 0.6) is 0 Å². The Morgan fingerprint density at radius 3 is 2.46 bits per heavy atom. The third kappa shape index (κ3) is 5.78. The second kappa shape index (κ2) is 8.96. The van der Waals surface area contributed by atoms with Crippen LogP contribution >= 0.6 is 23.4 Å². The Bertz CT molecular complexity index is 665. The number of nitrogens with zero attached hydrogens (tertiary/aromatic N) is 2. The molecule has 0 spiro atoms. The quantitative estimate of drug-likeness (QED) is 0.758. The average Bonchev–Trinajstić information content (AvgIpc) is 2.60. The van der Waals surface area contributed by atoms with Crippen LogP contribution < -0.4 is 5.32 Å². The molecule has 2 rings (SSSR count). The summed E-state index contributed by atoms with van der Waals surface area (Å²) in [6.07, 6.45) is -4.53. The van der Waals surface area contributed by atoms with E-state index in [0.29, 0.717) is 31.1 Å². The van der Waals surface area contributed by atoms with Gasteiger partial charge in [0.2, 0.25) is 11.8 Å². The molecule has 10 heteroatoms. The zero-order valence-corrected chi connectivity index (χ0v) is 15.7. The summed E-state index contributed by atoms with van der Waals surface area (Å²) in [5.41, 5.74) is -0.903. The molecule has 1 aliphatic rings. The van der Waals surface area contributed by atoms with Crippen LogP contribution in [0.1, 0.15) is 5.56 Å². The van der Waals surface area contributed by atoms with Crippen LogP contribution in [-0.2, 0) is 15.8 Å². The van der Waals surface area contributed by atoms with E-state index in [2.05, 4.69) is 5.32 Å². The highest BCUT2D eigenvalue weighted by Crippen LogP contribution is 2.37. The van der Waals surface area contributed by atoms with Gasteiger partial charge >= 0.3 is 6.18 Å². The molecule has 0 unspecified atom stereocenters. The molecule has 1 aromatic carbocycles. The van der Waals surface area contributed by atoms with Crippen molar-refractivity contribution < 1.29 is 22.8 Å². The summed E-state index contributed by atoms with van der Waals surface area (Å²) in [5.74, 6) is -0.171. The first-order valence-corrected chi connectivity index (χ1v) is 9.27. The average molecular weight is 410 g/mol. The van der Waals surface area contributed by atoms with Gasteiger partial charge in [0.1, 0.15) is 0 Å². The Labute approximate surface area is 158 Å². The Morgan fingerprint density at radius 1 is 1.23 bits per heavy atom. The highest BCUT2D eigenvalue weighted by Gasteiger charge is 2.33. The maximum absolute atomic E-state index is 12.9. The van der Waals surface area contributed by atoms with Crippen LogP contribution in [0.4, 0.5) is 13.2 Å². The molecule has 1 aliphatic heterocycles. The number of nitrogens with one attached hydrogen (secondary N) is 1. The van der Waals surface area contributed by atoms with Gasteiger partial charge in [-0.05, 0) is 18.2 Å². The van der Waals surface area contributed by atoms with Crippen LogP contribution in [0.3, 0.4) is 0 Å². The van der Waals surface area contributed by atoms with E-state index in [1.807, 2.05) is 4.90 Å². The largest absolute Gasteiger partial charge is 0.417 e. The van der Waals surface area contributed by atoms with Gasteiger partial charge in [0, 0.05) is 38.1 Å². The van der Waals surface area contributed by atoms with Gasteiger partial charge in [-0.15, -0.1) is 11.8 Å². The Morgan fingerprint density at radius 2 is 1.88 bits per heavy atom. The zero-order chi connectivity index (χ0) is 19.3. The van der Waals surface area contributed by atoms with Gasteiger partial charge in [-0.25, -0.2) is 0 Å². The summed E-state index contributed by atoms with van der Waals surface area (Å²) in [5, 5.41) is 2.19. The number of likely N-dealkylation sites (N-methyl/N-ethyl adjacent to an activating group) is 1. The number of piperazine rings is 1. The lowest BCUT2D eigenvalue weighted by Crippen LogP contribution is -2.51. The fourth-order valence-corrected chi connectivity index (χ4v) is 3.55. The van der Waals surface area contributed by atoms with Crippen molar-refractivity contribution in [3.8, 4) is 0 Å². The highest BCUT2D eigenvalue weighted by atomic mass is 35.5. The molecule has 26 heavy (non-hydrogen) atoms. The molecule has 0 saturated carbocycles. The minimum atomic E-state index is -4.53. The summed E-state index contributed by atoms with van der Waals surface area (Å²) in [7, 11) is 1.57. The normalized spacial score (nSPS) is 15.8. The number of amides is 2. The maximum Gasteiger partial charge on any atom is 0.417 e. The molecule has 2 amide bonds. The van der Waals surface area contributed by atoms with Gasteiger partial charge in [0.15, 0.2) is 0 Å². The molecule has 5 nitrogen and oxygen atoms in total. The topological polar surface area (TPSA) is 52.7 Å². The van der Waals surface area contributed by atoms with E-state index in [1.54, 1.807) is 11.9 Å². The van der Waals surface area contributed by atoms with Gasteiger partial charge in [0.05, 0.1) is 22.9 Å². The Hall–Kier alpha value is -1.45. The predicted octanol–water partition coefficient (Wildman–Crippen LogP) is 2.34. The molecule has 1 heterocycles. The molecule has 0 radical (unpaired) electrons. The summed E-state index contributed by atoms with van der Waals surface area (Å²) in [4.78, 5) is 27.6. The third-order valence-corrected chi connectivity index (χ3v) is 5.28. The van der Waals surface area contributed by atoms with Crippen molar-refractivity contribution in [2.75, 3.05) is 45.5 Å². The van der Waals surface area contributed by atoms with Crippen LogP contribution in [0.15, 0.2) is 23.1 Å². The van der Waals surface area contributed by atoms with E-state index in [-0.39, 0.29) is 29.1 Å². The monoisotopic (exact) mass is 409 g/mol. The van der Waals surface area contributed by atoms with Crippen molar-refractivity contribution in [3.63, 3.8) is 0 Å². The minimum absolute atomic E-state index is 0.0500. The molecule has 0 bridgehead atoms. The maximum atomic E-state index is 12.9. The number of carbonyl (C=O) groups is 2. The SMILES string of the molecule is CNC(=O)CN1CCN(C(=O)CSc2ccc(Cl)c(C(F)(F)F)c2)CC1. The molecule has 1 fully saturated rings. The van der Waals surface area contributed by atoms with Crippen molar-refractivity contribution in [2.45, 2.75) is 11.1 Å². The van der Waals surface area contributed by atoms with E-state index >= 15 is 0 Å². The molecule has 0 aliphatic carbocycles. The van der Waals surface area contributed by atoms with Crippen LogP contribution in [0.25, 0.3) is 0 Å². The first kappa shape index (κ1) is 20.9. The van der Waals surface area contributed by atoms with Gasteiger partial charge in [-0.2, -0.15) is 13.2 Å². The van der Waals surface area contributed by atoms with Crippen molar-refractivity contribution in [1.29, 1.82) is 0 Å². The number of carbonyl (C=O) groups excluding carboxylic acids is 2. The summed E-state index contributed by atoms with van der Waals surface area (Å²) >= 11 is 6.64. The lowest BCUT2D eigenvalue weighted by molar-refractivity contribution is -0.137. The second-order valence-electron chi connectivity index (χ2n) is 5.76. The number of rotatable bonds is 5. The second-order valence-corrected chi connectivity index (χ2v) is 7.21. The van der Waals surface area contributed by atoms with E-state index in [1.165, 1.54) is 12.1 Å². The van der Waals surface area contributed by atoms with Gasteiger partial charge in [0.25, 0.3) is 0 Å². The molecular formula is C16H19ClF3N3O2S. The number of thioether (sulfide) groups is 1. The van der Waals surface area contributed by atoms with Crippen molar-refractivity contribution in [2.24, 2.45) is 0 Å². The molecule has 0 aromatic heterocycles. The van der Waals surface area contributed by atoms with Crippen LogP contribution in [-0.4, -0.2) is 67.1 Å². The summed E-state index contributed by atoms with van der Waals surface area (Å²) in [6.45, 7) is 2.44. The number of hydrogen-bond donors (Lipinski definition) is 1. The first-order chi connectivity index (χ1) is 12.2. The third-order valence-electron chi connectivity index (χ3n) is 3.98. The fourth-order valence-electron chi connectivity index (χ4n) is 2.49. The van der Waals surface area contributed by atoms with E-state index in [9.17, 15) is 22.8 Å². The lowest BCUT2D eigenvalue weighted by atomic mass is 10.2. The Balaban J connectivity index is 1.85.